The van der Waals surface area contributed by atoms with Crippen LogP contribution >= 0.6 is 0 Å². The number of hydrogen-bond donors (Lipinski definition) is 2. The first-order valence-corrected chi connectivity index (χ1v) is 12.9. The van der Waals surface area contributed by atoms with E-state index in [9.17, 15) is 18.3 Å². The molecular weight excluding hydrogens is 464 g/mol. The summed E-state index contributed by atoms with van der Waals surface area (Å²) < 4.78 is 31.0. The molecule has 1 amide bonds. The zero-order valence-electron chi connectivity index (χ0n) is 19.3. The molecule has 0 radical (unpaired) electrons. The molecule has 35 heavy (non-hydrogen) atoms. The third-order valence-corrected chi connectivity index (χ3v) is 7.50. The Morgan fingerprint density at radius 3 is 2.31 bits per heavy atom. The second-order valence-electron chi connectivity index (χ2n) is 8.15. The average molecular weight is 491 g/mol. The molecule has 7 nitrogen and oxygen atoms in total. The predicted octanol–water partition coefficient (Wildman–Crippen LogP) is 5.01. The first kappa shape index (κ1) is 24.2. The molecule has 4 aromatic rings. The smallest absolute Gasteiger partial charge is 0.255 e. The molecule has 2 N–H and O–H groups in total. The Bertz CT molecular complexity index is 1410. The zero-order chi connectivity index (χ0) is 24.8. The van der Waals surface area contributed by atoms with E-state index >= 15 is 0 Å². The SMILES string of the molecule is Cc1onc(-c2ccccc2)c1-c1ccc(S(=O)(=O)CCCCNC(=O)c2ccccc2O)cc1. The Labute approximate surface area is 204 Å². The van der Waals surface area contributed by atoms with E-state index in [1.54, 1.807) is 36.4 Å². The van der Waals surface area contributed by atoms with Gasteiger partial charge in [0.05, 0.1) is 21.8 Å². The maximum atomic E-state index is 12.8. The van der Waals surface area contributed by atoms with Crippen LogP contribution in [-0.2, 0) is 9.84 Å². The average Bonchev–Trinajstić information content (AvgIpc) is 3.26. The van der Waals surface area contributed by atoms with Crippen molar-refractivity contribution in [2.24, 2.45) is 0 Å². The Morgan fingerprint density at radius 1 is 0.914 bits per heavy atom. The summed E-state index contributed by atoms with van der Waals surface area (Å²) in [6, 6.07) is 22.7. The molecule has 0 unspecified atom stereocenters. The molecule has 1 aromatic heterocycles. The fraction of sp³-hybridized carbons (Fsp3) is 0.185. The fourth-order valence-electron chi connectivity index (χ4n) is 3.83. The molecular formula is C27H26N2O5S. The van der Waals surface area contributed by atoms with Gasteiger partial charge in [-0.15, -0.1) is 0 Å². The monoisotopic (exact) mass is 490 g/mol. The standard InChI is InChI=1S/C27H26N2O5S/c1-19-25(26(29-34-19)21-9-3-2-4-10-21)20-13-15-22(16-14-20)35(32,33)18-8-7-17-28-27(31)23-11-5-6-12-24(23)30/h2-6,9-16,30H,7-8,17-18H2,1H3,(H,28,31). The van der Waals surface area contributed by atoms with Crippen LogP contribution in [0.25, 0.3) is 22.4 Å². The lowest BCUT2D eigenvalue weighted by atomic mass is 10.00. The molecule has 0 aliphatic heterocycles. The highest BCUT2D eigenvalue weighted by molar-refractivity contribution is 7.91. The molecule has 180 valence electrons. The lowest BCUT2D eigenvalue weighted by Crippen LogP contribution is -2.24. The molecule has 0 aliphatic rings. The van der Waals surface area contributed by atoms with Gasteiger partial charge >= 0.3 is 0 Å². The number of unbranched alkanes of at least 4 members (excludes halogenated alkanes) is 1. The van der Waals surface area contributed by atoms with E-state index < -0.39 is 9.84 Å². The maximum Gasteiger partial charge on any atom is 0.255 e. The molecule has 0 spiro atoms. The van der Waals surface area contributed by atoms with E-state index in [2.05, 4.69) is 10.5 Å². The van der Waals surface area contributed by atoms with Gasteiger partial charge in [-0.1, -0.05) is 59.8 Å². The van der Waals surface area contributed by atoms with Crippen molar-refractivity contribution in [3.8, 4) is 28.1 Å². The van der Waals surface area contributed by atoms with Gasteiger partial charge in [0.15, 0.2) is 9.84 Å². The van der Waals surface area contributed by atoms with Crippen LogP contribution in [0.1, 0.15) is 29.0 Å². The number of benzene rings is 3. The van der Waals surface area contributed by atoms with Crippen molar-refractivity contribution in [1.82, 2.24) is 10.5 Å². The normalized spacial score (nSPS) is 11.3. The molecule has 0 saturated carbocycles. The minimum absolute atomic E-state index is 0.0274. The van der Waals surface area contributed by atoms with Crippen LogP contribution in [0.4, 0.5) is 0 Å². The third-order valence-electron chi connectivity index (χ3n) is 5.69. The summed E-state index contributed by atoms with van der Waals surface area (Å²) in [7, 11) is -3.47. The predicted molar refractivity (Wildman–Crippen MR) is 134 cm³/mol. The molecule has 0 bridgehead atoms. The number of carbonyl (C=O) groups excluding carboxylic acids is 1. The first-order chi connectivity index (χ1) is 16.9. The number of aromatic hydroxyl groups is 1. The van der Waals surface area contributed by atoms with Crippen LogP contribution in [-0.4, -0.2) is 36.9 Å². The van der Waals surface area contributed by atoms with E-state index in [-0.39, 0.29) is 27.9 Å². The number of phenols is 1. The summed E-state index contributed by atoms with van der Waals surface area (Å²) in [4.78, 5) is 12.4. The summed E-state index contributed by atoms with van der Waals surface area (Å²) in [5, 5.41) is 16.6. The highest BCUT2D eigenvalue weighted by Crippen LogP contribution is 2.34. The second kappa shape index (κ2) is 10.6. The molecule has 1 heterocycles. The Kier molecular flexibility index (Phi) is 7.31. The number of nitrogens with one attached hydrogen (secondary N) is 1. The van der Waals surface area contributed by atoms with E-state index in [0.717, 1.165) is 16.7 Å². The van der Waals surface area contributed by atoms with Crippen LogP contribution in [0.2, 0.25) is 0 Å². The number of carbonyl (C=O) groups is 1. The number of aryl methyl sites for hydroxylation is 1. The van der Waals surface area contributed by atoms with Crippen molar-refractivity contribution in [2.45, 2.75) is 24.7 Å². The summed E-state index contributed by atoms with van der Waals surface area (Å²) in [5.41, 5.74) is 3.49. The topological polar surface area (TPSA) is 110 Å². The highest BCUT2D eigenvalue weighted by Gasteiger charge is 2.19. The number of phenolic OH excluding ortho intramolecular Hbond substituents is 1. The molecule has 0 atom stereocenters. The number of rotatable bonds is 9. The van der Waals surface area contributed by atoms with Crippen LogP contribution in [0, 0.1) is 6.92 Å². The summed E-state index contributed by atoms with van der Waals surface area (Å²) in [6.45, 7) is 2.15. The Hall–Kier alpha value is -3.91. The summed E-state index contributed by atoms with van der Waals surface area (Å²) in [6.07, 6.45) is 0.894. The minimum atomic E-state index is -3.47. The van der Waals surface area contributed by atoms with Crippen LogP contribution in [0.15, 0.2) is 88.3 Å². The molecule has 0 aliphatic carbocycles. The fourth-order valence-corrected chi connectivity index (χ4v) is 5.20. The number of hydrogen-bond acceptors (Lipinski definition) is 6. The molecule has 0 fully saturated rings. The molecule has 4 rings (SSSR count). The Balaban J connectivity index is 1.36. The van der Waals surface area contributed by atoms with Gasteiger partial charge in [0, 0.05) is 12.1 Å². The molecule has 0 saturated heterocycles. The van der Waals surface area contributed by atoms with Crippen molar-refractivity contribution in [3.63, 3.8) is 0 Å². The summed E-state index contributed by atoms with van der Waals surface area (Å²) in [5.74, 6) is 0.152. The van der Waals surface area contributed by atoms with Crippen molar-refractivity contribution in [2.75, 3.05) is 12.3 Å². The number of amides is 1. The molecule has 8 heteroatoms. The minimum Gasteiger partial charge on any atom is -0.507 e. The van der Waals surface area contributed by atoms with Crippen LogP contribution in [0.5, 0.6) is 5.75 Å². The third kappa shape index (κ3) is 5.60. The van der Waals surface area contributed by atoms with Gasteiger partial charge in [0.2, 0.25) is 0 Å². The number of nitrogens with zero attached hydrogens (tertiary/aromatic N) is 1. The zero-order valence-corrected chi connectivity index (χ0v) is 20.1. The Morgan fingerprint density at radius 2 is 1.60 bits per heavy atom. The van der Waals surface area contributed by atoms with Gasteiger partial charge in [-0.05, 0) is 49.6 Å². The second-order valence-corrected chi connectivity index (χ2v) is 10.3. The van der Waals surface area contributed by atoms with E-state index in [1.165, 1.54) is 12.1 Å². The van der Waals surface area contributed by atoms with Gasteiger partial charge in [-0.3, -0.25) is 4.79 Å². The van der Waals surface area contributed by atoms with E-state index in [4.69, 9.17) is 4.52 Å². The summed E-state index contributed by atoms with van der Waals surface area (Å²) >= 11 is 0. The van der Waals surface area contributed by atoms with E-state index in [0.29, 0.717) is 30.8 Å². The van der Waals surface area contributed by atoms with E-state index in [1.807, 2.05) is 37.3 Å². The lowest BCUT2D eigenvalue weighted by Gasteiger charge is -2.08. The van der Waals surface area contributed by atoms with Crippen molar-refractivity contribution in [1.29, 1.82) is 0 Å². The van der Waals surface area contributed by atoms with Crippen molar-refractivity contribution < 1.29 is 22.8 Å². The van der Waals surface area contributed by atoms with Gasteiger partial charge in [-0.2, -0.15) is 0 Å². The van der Waals surface area contributed by atoms with Crippen molar-refractivity contribution >= 4 is 15.7 Å². The quantitative estimate of drug-likeness (QED) is 0.319. The number of sulfone groups is 1. The van der Waals surface area contributed by atoms with Gasteiger partial charge in [0.1, 0.15) is 17.2 Å². The number of para-hydroxylation sites is 1. The van der Waals surface area contributed by atoms with Gasteiger partial charge in [0.25, 0.3) is 5.91 Å². The lowest BCUT2D eigenvalue weighted by molar-refractivity contribution is 0.0950. The van der Waals surface area contributed by atoms with Gasteiger partial charge < -0.3 is 14.9 Å². The first-order valence-electron chi connectivity index (χ1n) is 11.3. The van der Waals surface area contributed by atoms with Crippen LogP contribution in [0.3, 0.4) is 0 Å². The molecule has 3 aromatic carbocycles. The number of aromatic nitrogens is 1. The largest absolute Gasteiger partial charge is 0.507 e. The highest BCUT2D eigenvalue weighted by atomic mass is 32.2. The van der Waals surface area contributed by atoms with Gasteiger partial charge in [-0.25, -0.2) is 8.42 Å². The maximum absolute atomic E-state index is 12.8. The van der Waals surface area contributed by atoms with Crippen molar-refractivity contribution in [3.05, 3.63) is 90.2 Å². The van der Waals surface area contributed by atoms with Crippen LogP contribution < -0.4 is 5.32 Å².